The summed E-state index contributed by atoms with van der Waals surface area (Å²) in [6, 6.07) is 2.89. The maximum atomic E-state index is 11.5. The molecule has 0 radical (unpaired) electrons. The van der Waals surface area contributed by atoms with Crippen molar-refractivity contribution in [2.24, 2.45) is 5.73 Å². The van der Waals surface area contributed by atoms with Gasteiger partial charge in [0, 0.05) is 18.9 Å². The first-order valence-corrected chi connectivity index (χ1v) is 5.61. The van der Waals surface area contributed by atoms with Gasteiger partial charge in [-0.05, 0) is 18.1 Å². The fourth-order valence-corrected chi connectivity index (χ4v) is 1.38. The van der Waals surface area contributed by atoms with E-state index in [9.17, 15) is 9.59 Å². The van der Waals surface area contributed by atoms with Gasteiger partial charge in [0.15, 0.2) is 0 Å². The van der Waals surface area contributed by atoms with Crippen molar-refractivity contribution in [1.82, 2.24) is 10.3 Å². The Balaban J connectivity index is 2.42. The maximum Gasteiger partial charge on any atom is 0.289 e. The van der Waals surface area contributed by atoms with E-state index >= 15 is 0 Å². The zero-order valence-electron chi connectivity index (χ0n) is 9.85. The highest BCUT2D eigenvalue weighted by atomic mass is 16.2. The molecule has 1 unspecified atom stereocenters. The Morgan fingerprint density at radius 2 is 2.29 bits per heavy atom. The zero-order valence-corrected chi connectivity index (χ0v) is 9.85. The van der Waals surface area contributed by atoms with E-state index < -0.39 is 17.7 Å². The number of carbonyl (C=O) groups is 2. The van der Waals surface area contributed by atoms with Crippen LogP contribution in [0.1, 0.15) is 25.3 Å². The van der Waals surface area contributed by atoms with Crippen LogP contribution >= 0.6 is 0 Å². The molecule has 0 saturated carbocycles. The summed E-state index contributed by atoms with van der Waals surface area (Å²) in [4.78, 5) is 26.9. The Kier molecular flexibility index (Phi) is 5.29. The molecule has 1 heterocycles. The number of ketones is 1. The van der Waals surface area contributed by atoms with Crippen molar-refractivity contribution >= 4 is 11.7 Å². The third-order valence-corrected chi connectivity index (χ3v) is 2.34. The van der Waals surface area contributed by atoms with Crippen LogP contribution in [-0.4, -0.2) is 22.7 Å². The average Bonchev–Trinajstić information content (AvgIpc) is 2.36. The molecule has 0 bridgehead atoms. The first-order chi connectivity index (χ1) is 8.15. The number of nitrogens with one attached hydrogen (secondary N) is 1. The van der Waals surface area contributed by atoms with Gasteiger partial charge in [-0.25, -0.2) is 0 Å². The molecular formula is C12H17N3O2. The van der Waals surface area contributed by atoms with Crippen LogP contribution in [0.2, 0.25) is 0 Å². The molecule has 0 aliphatic heterocycles. The topological polar surface area (TPSA) is 85.1 Å². The number of amides is 1. The van der Waals surface area contributed by atoms with Crippen molar-refractivity contribution in [2.45, 2.75) is 32.4 Å². The smallest absolute Gasteiger partial charge is 0.289 e. The SMILES string of the molecule is CCCC(N)C(=O)C(=O)NCc1cccnc1. The number of hydrogen-bond acceptors (Lipinski definition) is 4. The number of carbonyl (C=O) groups excluding carboxylic acids is 2. The highest BCUT2D eigenvalue weighted by Crippen LogP contribution is 1.97. The first kappa shape index (κ1) is 13.3. The first-order valence-electron chi connectivity index (χ1n) is 5.61. The van der Waals surface area contributed by atoms with Gasteiger partial charge in [0.2, 0.25) is 5.78 Å². The monoisotopic (exact) mass is 235 g/mol. The predicted molar refractivity (Wildman–Crippen MR) is 64.0 cm³/mol. The maximum absolute atomic E-state index is 11.5. The summed E-state index contributed by atoms with van der Waals surface area (Å²) < 4.78 is 0. The third-order valence-electron chi connectivity index (χ3n) is 2.34. The minimum absolute atomic E-state index is 0.289. The Bertz CT molecular complexity index is 379. The highest BCUT2D eigenvalue weighted by molar-refractivity contribution is 6.38. The molecule has 5 nitrogen and oxygen atoms in total. The van der Waals surface area contributed by atoms with Crippen LogP contribution < -0.4 is 11.1 Å². The van der Waals surface area contributed by atoms with Gasteiger partial charge in [-0.2, -0.15) is 0 Å². The molecule has 92 valence electrons. The van der Waals surface area contributed by atoms with E-state index in [1.165, 1.54) is 0 Å². The fourth-order valence-electron chi connectivity index (χ4n) is 1.38. The van der Waals surface area contributed by atoms with Crippen molar-refractivity contribution < 1.29 is 9.59 Å². The lowest BCUT2D eigenvalue weighted by molar-refractivity contribution is -0.138. The second kappa shape index (κ2) is 6.75. The van der Waals surface area contributed by atoms with Gasteiger partial charge >= 0.3 is 0 Å². The standard InChI is InChI=1S/C12H17N3O2/c1-2-4-10(13)11(16)12(17)15-8-9-5-3-6-14-7-9/h3,5-7,10H,2,4,8,13H2,1H3,(H,15,17). The quantitative estimate of drug-likeness (QED) is 0.699. The van der Waals surface area contributed by atoms with E-state index in [0.29, 0.717) is 6.42 Å². The Morgan fingerprint density at radius 1 is 1.53 bits per heavy atom. The Morgan fingerprint density at radius 3 is 2.88 bits per heavy atom. The number of nitrogens with two attached hydrogens (primary N) is 1. The number of aromatic nitrogens is 1. The largest absolute Gasteiger partial charge is 0.345 e. The summed E-state index contributed by atoms with van der Waals surface area (Å²) in [5, 5.41) is 2.53. The van der Waals surface area contributed by atoms with Gasteiger partial charge < -0.3 is 11.1 Å². The van der Waals surface area contributed by atoms with Crippen molar-refractivity contribution in [1.29, 1.82) is 0 Å². The van der Waals surface area contributed by atoms with E-state index in [2.05, 4.69) is 10.3 Å². The summed E-state index contributed by atoms with van der Waals surface area (Å²) >= 11 is 0. The molecule has 1 rings (SSSR count). The average molecular weight is 235 g/mol. The van der Waals surface area contributed by atoms with Crippen molar-refractivity contribution in [2.75, 3.05) is 0 Å². The van der Waals surface area contributed by atoms with Crippen LogP contribution in [0, 0.1) is 0 Å². The molecule has 0 spiro atoms. The second-order valence-electron chi connectivity index (χ2n) is 3.80. The zero-order chi connectivity index (χ0) is 12.7. The van der Waals surface area contributed by atoms with Crippen molar-refractivity contribution in [3.05, 3.63) is 30.1 Å². The molecule has 0 saturated heterocycles. The number of nitrogens with zero attached hydrogens (tertiary/aromatic N) is 1. The minimum Gasteiger partial charge on any atom is -0.345 e. The van der Waals surface area contributed by atoms with E-state index in [1.807, 2.05) is 13.0 Å². The molecular weight excluding hydrogens is 218 g/mol. The van der Waals surface area contributed by atoms with Crippen LogP contribution in [0.15, 0.2) is 24.5 Å². The summed E-state index contributed by atoms with van der Waals surface area (Å²) in [5.41, 5.74) is 6.42. The summed E-state index contributed by atoms with van der Waals surface area (Å²) in [7, 11) is 0. The predicted octanol–water partition coefficient (Wildman–Crippen LogP) is 0.394. The Hall–Kier alpha value is -1.75. The number of hydrogen-bond donors (Lipinski definition) is 2. The lowest BCUT2D eigenvalue weighted by Crippen LogP contribution is -2.42. The minimum atomic E-state index is -0.700. The summed E-state index contributed by atoms with van der Waals surface area (Å²) in [5.74, 6) is -1.19. The fraction of sp³-hybridized carbons (Fsp3) is 0.417. The molecule has 3 N–H and O–H groups in total. The lowest BCUT2D eigenvalue weighted by atomic mass is 10.1. The molecule has 1 aromatic rings. The van der Waals surface area contributed by atoms with Crippen LogP contribution in [0.25, 0.3) is 0 Å². The summed E-state index contributed by atoms with van der Waals surface area (Å²) in [6.07, 6.45) is 4.59. The van der Waals surface area contributed by atoms with Crippen LogP contribution in [0.5, 0.6) is 0 Å². The third kappa shape index (κ3) is 4.32. The molecule has 17 heavy (non-hydrogen) atoms. The Labute approximate surface area is 100 Å². The van der Waals surface area contributed by atoms with Crippen LogP contribution in [-0.2, 0) is 16.1 Å². The van der Waals surface area contributed by atoms with E-state index in [1.54, 1.807) is 18.5 Å². The van der Waals surface area contributed by atoms with Crippen molar-refractivity contribution in [3.63, 3.8) is 0 Å². The highest BCUT2D eigenvalue weighted by Gasteiger charge is 2.20. The number of pyridine rings is 1. The molecule has 5 heteroatoms. The van der Waals surface area contributed by atoms with Crippen molar-refractivity contribution in [3.8, 4) is 0 Å². The molecule has 0 aromatic carbocycles. The lowest BCUT2D eigenvalue weighted by Gasteiger charge is -2.09. The number of Topliss-reactive ketones (excluding diaryl/α,β-unsaturated/α-hetero) is 1. The molecule has 1 atom stereocenters. The van der Waals surface area contributed by atoms with E-state index in [-0.39, 0.29) is 6.54 Å². The van der Waals surface area contributed by atoms with Crippen LogP contribution in [0.3, 0.4) is 0 Å². The van der Waals surface area contributed by atoms with Gasteiger partial charge in [-0.3, -0.25) is 14.6 Å². The summed E-state index contributed by atoms with van der Waals surface area (Å²) in [6.45, 7) is 2.21. The van der Waals surface area contributed by atoms with Crippen LogP contribution in [0.4, 0.5) is 0 Å². The van der Waals surface area contributed by atoms with Gasteiger partial charge in [0.25, 0.3) is 5.91 Å². The second-order valence-corrected chi connectivity index (χ2v) is 3.80. The molecule has 0 aliphatic rings. The van der Waals surface area contributed by atoms with E-state index in [0.717, 1.165) is 12.0 Å². The van der Waals surface area contributed by atoms with Gasteiger partial charge in [0.05, 0.1) is 6.04 Å². The normalized spacial score (nSPS) is 11.9. The molecule has 0 aliphatic carbocycles. The van der Waals surface area contributed by atoms with E-state index in [4.69, 9.17) is 5.73 Å². The van der Waals surface area contributed by atoms with Gasteiger partial charge in [-0.1, -0.05) is 19.4 Å². The molecule has 1 aromatic heterocycles. The molecule has 0 fully saturated rings. The number of rotatable bonds is 6. The van der Waals surface area contributed by atoms with Gasteiger partial charge in [-0.15, -0.1) is 0 Å². The van der Waals surface area contributed by atoms with Gasteiger partial charge in [0.1, 0.15) is 0 Å². The molecule has 1 amide bonds.